The van der Waals surface area contributed by atoms with Gasteiger partial charge in [0.25, 0.3) is 0 Å². The van der Waals surface area contributed by atoms with E-state index in [1.54, 1.807) is 20.8 Å². The molecule has 0 saturated carbocycles. The molecule has 0 saturated heterocycles. The van der Waals surface area contributed by atoms with E-state index >= 15 is 0 Å². The molecule has 30 heavy (non-hydrogen) atoms. The van der Waals surface area contributed by atoms with Crippen molar-refractivity contribution in [3.63, 3.8) is 0 Å². The minimum absolute atomic E-state index is 0.0114. The van der Waals surface area contributed by atoms with Crippen LogP contribution in [0.4, 0.5) is 4.79 Å². The van der Waals surface area contributed by atoms with Gasteiger partial charge in [-0.3, -0.25) is 4.79 Å². The summed E-state index contributed by atoms with van der Waals surface area (Å²) in [6.45, 7) is 5.28. The van der Waals surface area contributed by atoms with E-state index in [4.69, 9.17) is 4.74 Å². The second-order valence-corrected chi connectivity index (χ2v) is 8.47. The maximum Gasteiger partial charge on any atom is 0.407 e. The number of rotatable bonds is 9. The molecule has 6 heteroatoms. The summed E-state index contributed by atoms with van der Waals surface area (Å²) in [5.74, 6) is -1.75. The Morgan fingerprint density at radius 3 is 1.90 bits per heavy atom. The lowest BCUT2D eigenvalue weighted by molar-refractivity contribution is -0.143. The van der Waals surface area contributed by atoms with Crippen LogP contribution in [0.25, 0.3) is 0 Å². The number of hydrogen-bond acceptors (Lipinski definition) is 4. The van der Waals surface area contributed by atoms with Crippen LogP contribution in [-0.2, 0) is 22.4 Å². The van der Waals surface area contributed by atoms with Crippen molar-refractivity contribution in [1.29, 1.82) is 0 Å². The van der Waals surface area contributed by atoms with Gasteiger partial charge in [0.15, 0.2) is 0 Å². The van der Waals surface area contributed by atoms with Gasteiger partial charge in [-0.15, -0.1) is 0 Å². The standard InChI is InChI=1S/C24H31NO5/c1-24(2,3)30-23(29)25-20(15-18-12-8-5-9-13-18)21(26)16-19(22(27)28)14-17-10-6-4-7-11-17/h4-13,19-21,26H,14-16H2,1-3H3,(H,25,29)(H,27,28)/t19-,20-,21+/m0/s1. The number of carboxylic acids is 1. The summed E-state index contributed by atoms with van der Waals surface area (Å²) < 4.78 is 5.33. The van der Waals surface area contributed by atoms with E-state index in [2.05, 4.69) is 5.32 Å². The number of aliphatic hydroxyl groups is 1. The zero-order valence-corrected chi connectivity index (χ0v) is 17.7. The summed E-state index contributed by atoms with van der Waals surface area (Å²) in [6, 6.07) is 18.1. The van der Waals surface area contributed by atoms with Gasteiger partial charge in [0.05, 0.1) is 18.1 Å². The maximum absolute atomic E-state index is 12.3. The third-order valence-electron chi connectivity index (χ3n) is 4.67. The van der Waals surface area contributed by atoms with Gasteiger partial charge in [-0.25, -0.2) is 4.79 Å². The monoisotopic (exact) mass is 413 g/mol. The average molecular weight is 414 g/mol. The van der Waals surface area contributed by atoms with Gasteiger partial charge in [0, 0.05) is 0 Å². The van der Waals surface area contributed by atoms with Crippen molar-refractivity contribution in [3.05, 3.63) is 71.8 Å². The molecule has 2 rings (SSSR count). The second-order valence-electron chi connectivity index (χ2n) is 8.47. The van der Waals surface area contributed by atoms with Crippen LogP contribution in [0.15, 0.2) is 60.7 Å². The lowest BCUT2D eigenvalue weighted by Crippen LogP contribution is -2.47. The fourth-order valence-corrected chi connectivity index (χ4v) is 3.24. The quantitative estimate of drug-likeness (QED) is 0.581. The number of hydrogen-bond donors (Lipinski definition) is 3. The van der Waals surface area contributed by atoms with Crippen LogP contribution in [0.2, 0.25) is 0 Å². The Balaban J connectivity index is 2.13. The number of benzene rings is 2. The highest BCUT2D eigenvalue weighted by Gasteiger charge is 2.29. The topological polar surface area (TPSA) is 95.9 Å². The van der Waals surface area contributed by atoms with Gasteiger partial charge in [-0.2, -0.15) is 0 Å². The molecule has 0 fully saturated rings. The summed E-state index contributed by atoms with van der Waals surface area (Å²) >= 11 is 0. The fourth-order valence-electron chi connectivity index (χ4n) is 3.24. The highest BCUT2D eigenvalue weighted by molar-refractivity contribution is 5.70. The number of aliphatic hydroxyl groups excluding tert-OH is 1. The van der Waals surface area contributed by atoms with Crippen LogP contribution in [0.1, 0.15) is 38.3 Å². The first-order valence-corrected chi connectivity index (χ1v) is 10.1. The molecule has 0 bridgehead atoms. The Hall–Kier alpha value is -2.86. The minimum atomic E-state index is -1.05. The molecule has 0 aliphatic carbocycles. The van der Waals surface area contributed by atoms with Crippen LogP contribution in [-0.4, -0.2) is 40.0 Å². The highest BCUT2D eigenvalue weighted by Crippen LogP contribution is 2.19. The van der Waals surface area contributed by atoms with Crippen molar-refractivity contribution in [3.8, 4) is 0 Å². The summed E-state index contributed by atoms with van der Waals surface area (Å²) in [5.41, 5.74) is 1.13. The van der Waals surface area contributed by atoms with Crippen LogP contribution >= 0.6 is 0 Å². The lowest BCUT2D eigenvalue weighted by Gasteiger charge is -2.28. The molecular weight excluding hydrogens is 382 g/mol. The number of carboxylic acid groups (broad SMARTS) is 1. The van der Waals surface area contributed by atoms with Crippen molar-refractivity contribution in [2.24, 2.45) is 5.92 Å². The molecule has 1 amide bonds. The smallest absolute Gasteiger partial charge is 0.407 e. The van der Waals surface area contributed by atoms with Crippen molar-refractivity contribution in [1.82, 2.24) is 5.32 Å². The number of alkyl carbamates (subject to hydrolysis) is 1. The molecule has 3 atom stereocenters. The Morgan fingerprint density at radius 2 is 1.43 bits per heavy atom. The van der Waals surface area contributed by atoms with Gasteiger partial charge < -0.3 is 20.3 Å². The molecule has 0 aromatic heterocycles. The summed E-state index contributed by atoms with van der Waals surface area (Å²) in [4.78, 5) is 24.1. The maximum atomic E-state index is 12.3. The number of carbonyl (C=O) groups excluding carboxylic acids is 1. The Morgan fingerprint density at radius 1 is 0.933 bits per heavy atom. The van der Waals surface area contributed by atoms with Gasteiger partial charge in [0.2, 0.25) is 0 Å². The summed E-state index contributed by atoms with van der Waals surface area (Å²) in [7, 11) is 0. The predicted molar refractivity (Wildman–Crippen MR) is 115 cm³/mol. The first-order valence-electron chi connectivity index (χ1n) is 10.1. The number of carbonyl (C=O) groups is 2. The van der Waals surface area contributed by atoms with Crippen molar-refractivity contribution in [2.45, 2.75) is 57.8 Å². The van der Waals surface area contributed by atoms with Crippen LogP contribution in [0.5, 0.6) is 0 Å². The second kappa shape index (κ2) is 10.8. The molecule has 6 nitrogen and oxygen atoms in total. The van der Waals surface area contributed by atoms with E-state index in [0.717, 1.165) is 11.1 Å². The van der Waals surface area contributed by atoms with Gasteiger partial charge in [0.1, 0.15) is 5.60 Å². The van der Waals surface area contributed by atoms with Gasteiger partial charge in [-0.1, -0.05) is 60.7 Å². The van der Waals surface area contributed by atoms with E-state index in [9.17, 15) is 19.8 Å². The zero-order valence-electron chi connectivity index (χ0n) is 17.7. The lowest BCUT2D eigenvalue weighted by atomic mass is 9.89. The van der Waals surface area contributed by atoms with Crippen LogP contribution in [0, 0.1) is 5.92 Å². The number of amides is 1. The van der Waals surface area contributed by atoms with Crippen molar-refractivity contribution >= 4 is 12.1 Å². The number of ether oxygens (including phenoxy) is 1. The van der Waals surface area contributed by atoms with E-state index < -0.39 is 35.7 Å². The number of nitrogens with one attached hydrogen (secondary N) is 1. The molecule has 0 aliphatic rings. The molecule has 0 aliphatic heterocycles. The molecule has 162 valence electrons. The summed E-state index contributed by atoms with van der Waals surface area (Å²) in [5, 5.41) is 23.3. The van der Waals surface area contributed by atoms with Gasteiger partial charge >= 0.3 is 12.1 Å². The van der Waals surface area contributed by atoms with Crippen LogP contribution in [0.3, 0.4) is 0 Å². The third kappa shape index (κ3) is 8.25. The largest absolute Gasteiger partial charge is 0.481 e. The minimum Gasteiger partial charge on any atom is -0.481 e. The van der Waals surface area contributed by atoms with Gasteiger partial charge in [-0.05, 0) is 51.2 Å². The predicted octanol–water partition coefficient (Wildman–Crippen LogP) is 3.82. The summed E-state index contributed by atoms with van der Waals surface area (Å²) in [6.07, 6.45) is -1.02. The van der Waals surface area contributed by atoms with E-state index in [0.29, 0.717) is 12.8 Å². The molecule has 2 aromatic carbocycles. The van der Waals surface area contributed by atoms with Crippen LogP contribution < -0.4 is 5.32 Å². The van der Waals surface area contributed by atoms with E-state index in [1.165, 1.54) is 0 Å². The normalized spacial score (nSPS) is 14.4. The molecular formula is C24H31NO5. The zero-order chi connectivity index (χ0) is 22.1. The molecule has 0 radical (unpaired) electrons. The third-order valence-corrected chi connectivity index (χ3v) is 4.67. The fraction of sp³-hybridized carbons (Fsp3) is 0.417. The Kier molecular flexibility index (Phi) is 8.42. The SMILES string of the molecule is CC(C)(C)OC(=O)N[C@@H](Cc1ccccc1)[C@H](O)C[C@H](Cc1ccccc1)C(=O)O. The first kappa shape index (κ1) is 23.4. The highest BCUT2D eigenvalue weighted by atomic mass is 16.6. The Labute approximate surface area is 177 Å². The first-order chi connectivity index (χ1) is 14.1. The van der Waals surface area contributed by atoms with Crippen molar-refractivity contribution < 1.29 is 24.5 Å². The molecule has 2 aromatic rings. The number of aliphatic carboxylic acids is 1. The van der Waals surface area contributed by atoms with Crippen molar-refractivity contribution in [2.75, 3.05) is 0 Å². The molecule has 3 N–H and O–H groups in total. The Bertz CT molecular complexity index is 801. The molecule has 0 unspecified atom stereocenters. The molecule has 0 spiro atoms. The molecule has 0 heterocycles. The van der Waals surface area contributed by atoms with E-state index in [1.807, 2.05) is 60.7 Å². The van der Waals surface area contributed by atoms with E-state index in [-0.39, 0.29) is 6.42 Å². The average Bonchev–Trinajstić information content (AvgIpc) is 2.67.